The van der Waals surface area contributed by atoms with E-state index in [1.54, 1.807) is 4.68 Å². The summed E-state index contributed by atoms with van der Waals surface area (Å²) in [6.07, 6.45) is 2.64. The third-order valence-electron chi connectivity index (χ3n) is 3.50. The lowest BCUT2D eigenvalue weighted by molar-refractivity contribution is 0.523. The Morgan fingerprint density at radius 2 is 2.00 bits per heavy atom. The molecule has 3 rings (SSSR count). The number of aromatic nitrogens is 4. The molecule has 0 radical (unpaired) electrons. The zero-order chi connectivity index (χ0) is 14.1. The summed E-state index contributed by atoms with van der Waals surface area (Å²) in [5.74, 6) is 5.73. The summed E-state index contributed by atoms with van der Waals surface area (Å²) in [6.45, 7) is 0. The molecule has 1 aromatic carbocycles. The number of hydrogen-bond acceptors (Lipinski definition) is 4. The van der Waals surface area contributed by atoms with E-state index < -0.39 is 0 Å². The fraction of sp³-hybridized carbons (Fsp3) is 0.286. The van der Waals surface area contributed by atoms with Crippen molar-refractivity contribution in [3.8, 4) is 0 Å². The number of hydrazine groups is 1. The van der Waals surface area contributed by atoms with E-state index in [0.29, 0.717) is 6.42 Å². The van der Waals surface area contributed by atoms with Crippen molar-refractivity contribution >= 4 is 10.9 Å². The standard InChI is InChI=1S/C14H18N6/c1-19-8-7-10(17-19)9-12(16-15)14-11-5-3-4-6-13(11)20(2)18-14/h3-8,12,16H,9,15H2,1-2H3. The molecule has 2 aromatic heterocycles. The largest absolute Gasteiger partial charge is 0.276 e. The minimum absolute atomic E-state index is 0.0593. The van der Waals surface area contributed by atoms with E-state index in [-0.39, 0.29) is 6.04 Å². The average molecular weight is 270 g/mol. The van der Waals surface area contributed by atoms with Crippen LogP contribution in [0.4, 0.5) is 0 Å². The first-order valence-corrected chi connectivity index (χ1v) is 6.55. The fourth-order valence-corrected chi connectivity index (χ4v) is 2.51. The zero-order valence-electron chi connectivity index (χ0n) is 11.6. The number of aryl methyl sites for hydroxylation is 2. The van der Waals surface area contributed by atoms with Crippen LogP contribution in [-0.2, 0) is 20.5 Å². The van der Waals surface area contributed by atoms with Gasteiger partial charge in [-0.1, -0.05) is 18.2 Å². The van der Waals surface area contributed by atoms with E-state index in [0.717, 1.165) is 22.3 Å². The Morgan fingerprint density at radius 3 is 2.70 bits per heavy atom. The number of benzene rings is 1. The van der Waals surface area contributed by atoms with Crippen molar-refractivity contribution in [1.82, 2.24) is 25.0 Å². The maximum absolute atomic E-state index is 5.73. The molecule has 0 saturated heterocycles. The predicted molar refractivity (Wildman–Crippen MR) is 77.7 cm³/mol. The van der Waals surface area contributed by atoms with Crippen LogP contribution in [0.1, 0.15) is 17.4 Å². The number of nitrogens with one attached hydrogen (secondary N) is 1. The minimum atomic E-state index is -0.0593. The number of nitrogens with zero attached hydrogens (tertiary/aromatic N) is 4. The number of nitrogens with two attached hydrogens (primary N) is 1. The van der Waals surface area contributed by atoms with Gasteiger partial charge in [0.05, 0.1) is 22.9 Å². The molecule has 0 aliphatic heterocycles. The van der Waals surface area contributed by atoms with Gasteiger partial charge >= 0.3 is 0 Å². The van der Waals surface area contributed by atoms with Crippen LogP contribution in [0.25, 0.3) is 10.9 Å². The van der Waals surface area contributed by atoms with Crippen LogP contribution < -0.4 is 11.3 Å². The molecule has 0 bridgehead atoms. The van der Waals surface area contributed by atoms with Crippen molar-refractivity contribution in [2.75, 3.05) is 0 Å². The first-order valence-electron chi connectivity index (χ1n) is 6.55. The van der Waals surface area contributed by atoms with Crippen molar-refractivity contribution in [1.29, 1.82) is 0 Å². The summed E-state index contributed by atoms with van der Waals surface area (Å²) >= 11 is 0. The van der Waals surface area contributed by atoms with Crippen molar-refractivity contribution in [3.05, 3.63) is 47.9 Å². The van der Waals surface area contributed by atoms with E-state index in [2.05, 4.69) is 27.8 Å². The second-order valence-corrected chi connectivity index (χ2v) is 4.93. The lowest BCUT2D eigenvalue weighted by Crippen LogP contribution is -2.30. The summed E-state index contributed by atoms with van der Waals surface area (Å²) in [7, 11) is 3.85. The molecule has 1 atom stereocenters. The Morgan fingerprint density at radius 1 is 1.20 bits per heavy atom. The van der Waals surface area contributed by atoms with Crippen molar-refractivity contribution < 1.29 is 0 Å². The lowest BCUT2D eigenvalue weighted by atomic mass is 10.1. The Kier molecular flexibility index (Phi) is 3.25. The van der Waals surface area contributed by atoms with Gasteiger partial charge < -0.3 is 0 Å². The zero-order valence-corrected chi connectivity index (χ0v) is 11.6. The molecule has 6 nitrogen and oxygen atoms in total. The van der Waals surface area contributed by atoms with Crippen LogP contribution in [0.15, 0.2) is 36.5 Å². The molecule has 0 saturated carbocycles. The van der Waals surface area contributed by atoms with E-state index in [1.165, 1.54) is 0 Å². The van der Waals surface area contributed by atoms with Crippen LogP contribution in [0.5, 0.6) is 0 Å². The van der Waals surface area contributed by atoms with E-state index >= 15 is 0 Å². The highest BCUT2D eigenvalue weighted by molar-refractivity contribution is 5.82. The monoisotopic (exact) mass is 270 g/mol. The highest BCUT2D eigenvalue weighted by Crippen LogP contribution is 2.24. The molecular formula is C14H18N6. The Bertz CT molecular complexity index is 726. The highest BCUT2D eigenvalue weighted by Gasteiger charge is 2.19. The molecule has 3 N–H and O–H groups in total. The molecule has 20 heavy (non-hydrogen) atoms. The van der Waals surface area contributed by atoms with Gasteiger partial charge in [-0.2, -0.15) is 10.2 Å². The van der Waals surface area contributed by atoms with Gasteiger partial charge in [0.2, 0.25) is 0 Å². The number of rotatable bonds is 4. The molecule has 104 valence electrons. The van der Waals surface area contributed by atoms with Crippen molar-refractivity contribution in [2.45, 2.75) is 12.5 Å². The molecule has 0 fully saturated rings. The number of fused-ring (bicyclic) bond motifs is 1. The summed E-state index contributed by atoms with van der Waals surface area (Å²) in [5.41, 5.74) is 5.90. The normalized spacial score (nSPS) is 12.9. The van der Waals surface area contributed by atoms with Gasteiger partial charge in [-0.3, -0.25) is 20.6 Å². The SMILES string of the molecule is Cn1ccc(CC(NN)c2nn(C)c3ccccc23)n1. The molecule has 0 aliphatic carbocycles. The lowest BCUT2D eigenvalue weighted by Gasteiger charge is -2.12. The Balaban J connectivity index is 1.99. The molecule has 3 aromatic rings. The molecule has 6 heteroatoms. The Labute approximate surface area is 117 Å². The molecule has 0 aliphatic rings. The van der Waals surface area contributed by atoms with Gasteiger partial charge in [0.15, 0.2) is 0 Å². The molecule has 0 spiro atoms. The molecule has 0 amide bonds. The van der Waals surface area contributed by atoms with Crippen LogP contribution >= 0.6 is 0 Å². The summed E-state index contributed by atoms with van der Waals surface area (Å²) in [5, 5.41) is 10.1. The van der Waals surface area contributed by atoms with Crippen LogP contribution in [0.2, 0.25) is 0 Å². The van der Waals surface area contributed by atoms with Crippen LogP contribution in [0, 0.1) is 0 Å². The van der Waals surface area contributed by atoms with Crippen molar-refractivity contribution in [2.24, 2.45) is 19.9 Å². The number of hydrogen-bond donors (Lipinski definition) is 2. The van der Waals surface area contributed by atoms with E-state index in [1.807, 2.05) is 43.2 Å². The van der Waals surface area contributed by atoms with E-state index in [4.69, 9.17) is 5.84 Å². The maximum atomic E-state index is 5.73. The molecule has 2 heterocycles. The van der Waals surface area contributed by atoms with Gasteiger partial charge in [-0.25, -0.2) is 0 Å². The predicted octanol–water partition coefficient (Wildman–Crippen LogP) is 1.05. The van der Waals surface area contributed by atoms with Gasteiger partial charge in [0.25, 0.3) is 0 Å². The Hall–Kier alpha value is -2.18. The number of para-hydroxylation sites is 1. The topological polar surface area (TPSA) is 73.7 Å². The quantitative estimate of drug-likeness (QED) is 0.549. The summed E-state index contributed by atoms with van der Waals surface area (Å²) in [4.78, 5) is 0. The van der Waals surface area contributed by atoms with Gasteiger partial charge in [-0.05, 0) is 12.1 Å². The van der Waals surface area contributed by atoms with Gasteiger partial charge in [-0.15, -0.1) is 0 Å². The smallest absolute Gasteiger partial charge is 0.0890 e. The van der Waals surface area contributed by atoms with E-state index in [9.17, 15) is 0 Å². The summed E-state index contributed by atoms with van der Waals surface area (Å²) in [6, 6.07) is 10.1. The maximum Gasteiger partial charge on any atom is 0.0890 e. The minimum Gasteiger partial charge on any atom is -0.276 e. The second kappa shape index (κ2) is 5.07. The fourth-order valence-electron chi connectivity index (χ4n) is 2.51. The highest BCUT2D eigenvalue weighted by atomic mass is 15.3. The average Bonchev–Trinajstić information content (AvgIpc) is 3.01. The second-order valence-electron chi connectivity index (χ2n) is 4.93. The molecule has 1 unspecified atom stereocenters. The van der Waals surface area contributed by atoms with Crippen LogP contribution in [0.3, 0.4) is 0 Å². The third kappa shape index (κ3) is 2.19. The van der Waals surface area contributed by atoms with Crippen LogP contribution in [-0.4, -0.2) is 19.6 Å². The molecular weight excluding hydrogens is 252 g/mol. The first kappa shape index (κ1) is 12.8. The third-order valence-corrected chi connectivity index (χ3v) is 3.50. The first-order chi connectivity index (χ1) is 9.69. The van der Waals surface area contributed by atoms with Gasteiger partial charge in [0, 0.05) is 32.1 Å². The van der Waals surface area contributed by atoms with Gasteiger partial charge in [0.1, 0.15) is 0 Å². The summed E-state index contributed by atoms with van der Waals surface area (Å²) < 4.78 is 3.67. The van der Waals surface area contributed by atoms with Crippen molar-refractivity contribution in [3.63, 3.8) is 0 Å².